The Morgan fingerprint density at radius 1 is 0.709 bits per heavy atom. The number of cyclic esters (lactones) is 2. The van der Waals surface area contributed by atoms with Gasteiger partial charge >= 0.3 is 30.1 Å². The molecule has 30 heteroatoms. The monoisotopic (exact) mass is 1650 g/mol. The molecule has 644 valence electrons. The van der Waals surface area contributed by atoms with Crippen molar-refractivity contribution < 1.29 is 100 Å². The largest absolute Gasteiger partial charge is 0.457 e. The van der Waals surface area contributed by atoms with Crippen molar-refractivity contribution in [1.29, 1.82) is 0 Å². The van der Waals surface area contributed by atoms with Gasteiger partial charge in [-0.2, -0.15) is 0 Å². The van der Waals surface area contributed by atoms with Crippen LogP contribution in [-0.2, 0) is 87.4 Å². The summed E-state index contributed by atoms with van der Waals surface area (Å²) in [6.07, 6.45) is 5.48. The van der Waals surface area contributed by atoms with Crippen LogP contribution in [0.1, 0.15) is 164 Å². The molecule has 4 fully saturated rings. The number of unbranched alkanes of at least 4 members (excludes halogenated alkanes) is 1. The number of aliphatic hydroxyl groups is 1. The normalized spacial score (nSPS) is 35.0. The zero-order valence-electron chi connectivity index (χ0n) is 71.8. The van der Waals surface area contributed by atoms with Crippen molar-refractivity contribution in [2.75, 3.05) is 49.0 Å². The molecule has 117 heavy (non-hydrogen) atoms. The van der Waals surface area contributed by atoms with Crippen LogP contribution in [0.3, 0.4) is 0 Å². The van der Waals surface area contributed by atoms with Crippen LogP contribution < -0.4 is 0 Å². The van der Waals surface area contributed by atoms with Gasteiger partial charge in [-0.25, -0.2) is 33.9 Å². The van der Waals surface area contributed by atoms with Gasteiger partial charge in [0.1, 0.15) is 47.4 Å². The first-order chi connectivity index (χ1) is 55.1. The highest BCUT2D eigenvalue weighted by atomic mass is 35.5. The van der Waals surface area contributed by atoms with E-state index in [1.54, 1.807) is 117 Å². The predicted molar refractivity (Wildman–Crippen MR) is 434 cm³/mol. The number of ketones is 4. The molecule has 4 aromatic rings. The maximum Gasteiger partial charge on any atom is 0.420 e. The van der Waals surface area contributed by atoms with Crippen LogP contribution in [0.15, 0.2) is 111 Å². The van der Waals surface area contributed by atoms with Crippen molar-refractivity contribution in [1.82, 2.24) is 38.8 Å². The minimum atomic E-state index is -1.80. The molecule has 0 aliphatic carbocycles. The molecule has 8 heterocycles. The molecule has 0 bridgehead atoms. The Hall–Kier alpha value is -8.23. The molecule has 0 spiro atoms. The smallest absolute Gasteiger partial charge is 0.420 e. The lowest BCUT2D eigenvalue weighted by atomic mass is 9.72. The average molecular weight is 1650 g/mol. The molecular weight excluding hydrogens is 1530 g/mol. The number of allylic oxidation sites excluding steroid dienone is 1. The second-order valence-corrected chi connectivity index (χ2v) is 33.5. The average Bonchev–Trinajstić information content (AvgIpc) is 1.59. The van der Waals surface area contributed by atoms with E-state index in [1.807, 2.05) is 75.6 Å². The first kappa shape index (κ1) is 94.3. The number of fused-ring (bicyclic) bond motifs is 1. The minimum Gasteiger partial charge on any atom is -0.457 e. The number of benzene rings is 1. The van der Waals surface area contributed by atoms with Crippen molar-refractivity contribution in [3.8, 4) is 11.3 Å². The fourth-order valence-electron chi connectivity index (χ4n) is 17.3. The third kappa shape index (κ3) is 21.1. The number of halogens is 1. The number of aromatic nitrogens is 5. The van der Waals surface area contributed by atoms with Crippen LogP contribution in [0.5, 0.6) is 0 Å². The van der Waals surface area contributed by atoms with Crippen LogP contribution >= 0.6 is 11.6 Å². The summed E-state index contributed by atoms with van der Waals surface area (Å²) in [6, 6.07) is 8.96. The molecule has 0 saturated carbocycles. The number of imidazole rings is 2. The maximum absolute atomic E-state index is 14.8. The number of hydrogen-bond donors (Lipinski definition) is 1. The van der Waals surface area contributed by atoms with Crippen molar-refractivity contribution in [3.05, 3.63) is 127 Å². The molecule has 3 aromatic heterocycles. The molecule has 5 aliphatic heterocycles. The van der Waals surface area contributed by atoms with E-state index in [0.717, 1.165) is 21.4 Å². The number of pyridine rings is 1. The van der Waals surface area contributed by atoms with E-state index < -0.39 is 161 Å². The van der Waals surface area contributed by atoms with E-state index in [1.165, 1.54) is 65.0 Å². The molecule has 5 aliphatic rings. The molecule has 1 aromatic carbocycles. The summed E-state index contributed by atoms with van der Waals surface area (Å²) in [5, 5.41) is 11.9. The van der Waals surface area contributed by atoms with Gasteiger partial charge in [0.25, 0.3) is 0 Å². The summed E-state index contributed by atoms with van der Waals surface area (Å²) in [7, 11) is 10.4. The number of hydrogen-bond acceptors (Lipinski definition) is 26. The highest BCUT2D eigenvalue weighted by molar-refractivity contribution is 6.30. The Morgan fingerprint density at radius 2 is 1.26 bits per heavy atom. The molecule has 24 atom stereocenters. The van der Waals surface area contributed by atoms with Crippen molar-refractivity contribution in [2.24, 2.45) is 41.4 Å². The number of methoxy groups -OCH3 is 2. The predicted octanol–water partition coefficient (Wildman–Crippen LogP) is 11.6. The Kier molecular flexibility index (Phi) is 32.4. The number of carbonyl (C=O) groups excluding carboxylic acids is 9. The fourth-order valence-corrected chi connectivity index (χ4v) is 17.4. The Balaban J connectivity index is 0.000000293. The molecule has 0 radical (unpaired) electrons. The highest BCUT2D eigenvalue weighted by Crippen LogP contribution is 2.46. The zero-order valence-corrected chi connectivity index (χ0v) is 72.5. The van der Waals surface area contributed by atoms with Crippen molar-refractivity contribution in [3.63, 3.8) is 0 Å². The summed E-state index contributed by atoms with van der Waals surface area (Å²) < 4.78 is 71.8. The van der Waals surface area contributed by atoms with Gasteiger partial charge < -0.3 is 71.6 Å². The van der Waals surface area contributed by atoms with Crippen molar-refractivity contribution >= 4 is 64.8 Å². The topological polar surface area (TPSA) is 334 Å². The number of aryl methyl sites for hydroxylation is 2. The van der Waals surface area contributed by atoms with E-state index >= 15 is 0 Å². The summed E-state index contributed by atoms with van der Waals surface area (Å²) in [4.78, 5) is 145. The lowest BCUT2D eigenvalue weighted by Crippen LogP contribution is -2.60. The molecule has 1 N–H and O–H groups in total. The maximum atomic E-state index is 14.8. The highest BCUT2D eigenvalue weighted by Gasteiger charge is 2.62. The van der Waals surface area contributed by atoms with Crippen LogP contribution in [0.4, 0.5) is 9.59 Å². The summed E-state index contributed by atoms with van der Waals surface area (Å²) >= 11 is 6.12. The van der Waals surface area contributed by atoms with E-state index in [2.05, 4.69) is 28.1 Å². The molecule has 29 nitrogen and oxygen atoms in total. The van der Waals surface area contributed by atoms with Crippen LogP contribution in [-0.4, -0.2) is 248 Å². The van der Waals surface area contributed by atoms with E-state index in [0.29, 0.717) is 42.9 Å². The van der Waals surface area contributed by atoms with E-state index in [4.69, 9.17) is 63.7 Å². The number of esters is 3. The number of likely N-dealkylation sites (N-methyl/N-ethyl adjacent to an activating group) is 2. The summed E-state index contributed by atoms with van der Waals surface area (Å²) in [6.45, 7) is 34.5. The number of amides is 1. The SMILES string of the molecule is C=C[C@]1(OC(=O)n2ccnc2)/C=C(\C)C(=O)[C@H](C)C[C@](C)(OC)[C@H](OC2O[C@H](C)C[C@H](N(C)C)[C@H]2OC(=O)c2ccccc2)[C@@H](C)C(=O)[C@@H](C)C(=O)O[C@@H]1CC.C=C[C@]12OC(=O)N(CCCCn3cnc(-c4cnc(Cl)c(C)c4)c3)[C@@H]1[C@@H](C)C(=O)[C@H](C)C[C@](C)(OC)[C@H](OC1O[C@H](C)C[C@H](N(C)C)[C@H]1O)[C@@H](C)C(=O)[C@@H](C)C(=O)O[C@@H]2CC. The Labute approximate surface area is 693 Å². The quantitative estimate of drug-likeness (QED) is 0.0202. The number of rotatable bonds is 21. The van der Waals surface area contributed by atoms with Crippen LogP contribution in [0.25, 0.3) is 11.3 Å². The van der Waals surface area contributed by atoms with Crippen LogP contribution in [0.2, 0.25) is 5.15 Å². The molecule has 9 rings (SSSR count). The Bertz CT molecular complexity index is 4180. The number of nitrogens with zero attached hydrogens (tertiary/aromatic N) is 8. The fraction of sp³-hybridized carbons (Fsp3) is 0.632. The van der Waals surface area contributed by atoms with Gasteiger partial charge in [-0.3, -0.25) is 33.7 Å². The zero-order chi connectivity index (χ0) is 86.7. The first-order valence-corrected chi connectivity index (χ1v) is 40.9. The van der Waals surface area contributed by atoms with Crippen LogP contribution in [0, 0.1) is 48.3 Å². The molecule has 2 unspecified atom stereocenters. The van der Waals surface area contributed by atoms with Gasteiger partial charge in [0, 0.05) is 93.3 Å². The Morgan fingerprint density at radius 3 is 1.80 bits per heavy atom. The van der Waals surface area contributed by atoms with Gasteiger partial charge in [-0.15, -0.1) is 0 Å². The third-order valence-corrected chi connectivity index (χ3v) is 24.5. The van der Waals surface area contributed by atoms with E-state index in [9.17, 15) is 48.3 Å². The minimum absolute atomic E-state index is 0.0512. The second kappa shape index (κ2) is 40.2. The van der Waals surface area contributed by atoms with Gasteiger partial charge in [0.15, 0.2) is 47.2 Å². The molecular formula is C87H123ClN8O21. The van der Waals surface area contributed by atoms with E-state index in [-0.39, 0.29) is 73.7 Å². The molecule has 1 amide bonds. The molecule has 4 saturated heterocycles. The number of Topliss-reactive ketones (excluding diaryl/α,β-unsaturated/α-hetero) is 4. The number of aliphatic hydroxyl groups excluding tert-OH is 1. The number of carbonyl (C=O) groups is 9. The third-order valence-electron chi connectivity index (χ3n) is 24.1. The standard InChI is InChI=1S/C45H66ClN5O10.C42H57N3O11/c1-13-34-45(14-2)38(51(43(56)61-45)18-16-15-17-50-23-32(48-24-50)31-19-25(3)40(46)47-22-31)28(6)35(52)26(4)21-44(9,57-12)39(29(7)36(53)30(8)41(55)59-34)60-42-37(54)33(49(10)11)20-27(5)58-42;1-12-32-42(13-2,56-40(50)45-20-19-43-24-45)23-26(4)33(46)25(3)22-41(8,51-11)36(28(6)34(47)29(7)37(48)53-32)55-39-35(31(44(9)10)21-27(5)52-39)54-38(49)30-17-15-14-16-18-30/h14,19,22-24,26-30,33-34,37-39,42,54H,2,13,15-18,20-21H2,1,3-12H3;13-20,23-25,27-29,31-32,35-36,39H,2,12,21-22H2,1,3-11H3/b;26-23+/t26-,27-,28+,29+,30-,33+,34-,37-,38-,39-,42?,44+,45-;25-,27-,28+,29-,31+,32-,35-,36-,39?,41+,42+/m11/s1. The lowest BCUT2D eigenvalue weighted by molar-refractivity contribution is -0.295. The van der Waals surface area contributed by atoms with Crippen molar-refractivity contribution in [2.45, 2.75) is 264 Å². The van der Waals surface area contributed by atoms with Gasteiger partial charge in [-0.05, 0) is 183 Å². The lowest BCUT2D eigenvalue weighted by Gasteiger charge is -2.47. The summed E-state index contributed by atoms with van der Waals surface area (Å²) in [5.74, 6) is -10.7. The van der Waals surface area contributed by atoms with Gasteiger partial charge in [-0.1, -0.05) is 91.4 Å². The van der Waals surface area contributed by atoms with Gasteiger partial charge in [0.05, 0.1) is 65.3 Å². The number of ether oxygens (including phenoxy) is 11. The summed E-state index contributed by atoms with van der Waals surface area (Å²) in [5.41, 5.74) is -3.05. The second-order valence-electron chi connectivity index (χ2n) is 33.1. The first-order valence-electron chi connectivity index (χ1n) is 40.5. The van der Waals surface area contributed by atoms with Gasteiger partial charge in [0.2, 0.25) is 0 Å².